The van der Waals surface area contributed by atoms with Crippen molar-refractivity contribution in [3.05, 3.63) is 12.2 Å². The van der Waals surface area contributed by atoms with Crippen molar-refractivity contribution >= 4 is 11.9 Å². The molecule has 0 aliphatic rings. The van der Waals surface area contributed by atoms with Crippen molar-refractivity contribution in [3.63, 3.8) is 0 Å². The molecule has 5 nitrogen and oxygen atoms in total. The molecule has 0 saturated heterocycles. The minimum absolute atomic E-state index is 0.367. The van der Waals surface area contributed by atoms with Crippen LogP contribution in [0.2, 0.25) is 0 Å². The maximum atomic E-state index is 9.55. The molecule has 0 aliphatic heterocycles. The Balaban J connectivity index is 0. The number of unbranched alkanes of at least 4 members (excludes halogenated alkanes) is 5. The third-order valence-corrected chi connectivity index (χ3v) is 1.88. The van der Waals surface area contributed by atoms with Crippen molar-refractivity contribution in [2.24, 2.45) is 0 Å². The number of hydrogen-bond acceptors (Lipinski definition) is 3. The van der Waals surface area contributed by atoms with Gasteiger partial charge in [-0.3, -0.25) is 0 Å². The molecule has 0 unspecified atom stereocenters. The number of carboxylic acid groups (broad SMARTS) is 2. The van der Waals surface area contributed by atoms with E-state index in [1.165, 1.54) is 32.1 Å². The first kappa shape index (κ1) is 18.0. The Bertz CT molecular complexity index is 201. The number of aliphatic hydroxyl groups excluding tert-OH is 1. The van der Waals surface area contributed by atoms with Crippen LogP contribution in [-0.2, 0) is 9.59 Å². The lowest BCUT2D eigenvalue weighted by Crippen LogP contribution is -1.91. The van der Waals surface area contributed by atoms with Crippen LogP contribution in [0.3, 0.4) is 0 Å². The summed E-state index contributed by atoms with van der Waals surface area (Å²) in [5.74, 6) is -2.51. The van der Waals surface area contributed by atoms with Gasteiger partial charge >= 0.3 is 11.9 Å². The van der Waals surface area contributed by atoms with E-state index in [0.29, 0.717) is 18.8 Å². The van der Waals surface area contributed by atoms with Crippen LogP contribution < -0.4 is 0 Å². The quantitative estimate of drug-likeness (QED) is 0.450. The summed E-state index contributed by atoms with van der Waals surface area (Å²) < 4.78 is 0. The fraction of sp³-hybridized carbons (Fsp3) is 0.667. The molecular weight excluding hydrogens is 224 g/mol. The highest BCUT2D eigenvalue weighted by Gasteiger charge is 1.88. The van der Waals surface area contributed by atoms with Crippen LogP contribution in [0.4, 0.5) is 0 Å². The van der Waals surface area contributed by atoms with E-state index in [0.717, 1.165) is 6.42 Å². The third kappa shape index (κ3) is 25.2. The fourth-order valence-corrected chi connectivity index (χ4v) is 1.03. The molecule has 0 rings (SSSR count). The van der Waals surface area contributed by atoms with Gasteiger partial charge in [0.05, 0.1) is 0 Å². The Hall–Kier alpha value is -1.36. The molecule has 0 aromatic heterocycles. The van der Waals surface area contributed by atoms with E-state index in [9.17, 15) is 9.59 Å². The summed E-state index contributed by atoms with van der Waals surface area (Å²) in [7, 11) is 0. The normalized spacial score (nSPS) is 9.76. The Labute approximate surface area is 102 Å². The Morgan fingerprint density at radius 2 is 1.29 bits per heavy atom. The molecule has 0 atom stereocenters. The summed E-state index contributed by atoms with van der Waals surface area (Å²) in [6.07, 6.45) is 8.61. The van der Waals surface area contributed by atoms with Crippen LogP contribution in [0.25, 0.3) is 0 Å². The van der Waals surface area contributed by atoms with E-state index in [4.69, 9.17) is 15.3 Å². The second kappa shape index (κ2) is 14.6. The highest BCUT2D eigenvalue weighted by atomic mass is 16.4. The first-order valence-corrected chi connectivity index (χ1v) is 5.79. The van der Waals surface area contributed by atoms with Crippen molar-refractivity contribution < 1.29 is 24.9 Å². The number of aliphatic hydroxyl groups is 1. The first-order valence-electron chi connectivity index (χ1n) is 5.79. The molecule has 0 aliphatic carbocycles. The van der Waals surface area contributed by atoms with Gasteiger partial charge in [-0.2, -0.15) is 0 Å². The van der Waals surface area contributed by atoms with Gasteiger partial charge in [-0.1, -0.05) is 39.0 Å². The highest BCUT2D eigenvalue weighted by Crippen LogP contribution is 2.03. The molecule has 0 amide bonds. The number of aliphatic carboxylic acids is 2. The zero-order valence-corrected chi connectivity index (χ0v) is 10.3. The molecule has 0 fully saturated rings. The molecule has 0 aromatic rings. The molecule has 100 valence electrons. The number of carbonyl (C=O) groups is 2. The van der Waals surface area contributed by atoms with Crippen LogP contribution in [-0.4, -0.2) is 33.9 Å². The molecule has 5 heteroatoms. The van der Waals surface area contributed by atoms with E-state index in [2.05, 4.69) is 6.92 Å². The molecule has 17 heavy (non-hydrogen) atoms. The minimum atomic E-state index is -1.26. The SMILES string of the molecule is CCCCCCCCO.O=C(O)C=CC(=O)O. The van der Waals surface area contributed by atoms with Crippen molar-refractivity contribution in [3.8, 4) is 0 Å². The third-order valence-electron chi connectivity index (χ3n) is 1.88. The van der Waals surface area contributed by atoms with Crippen molar-refractivity contribution in [2.45, 2.75) is 45.4 Å². The van der Waals surface area contributed by atoms with E-state index in [1.807, 2.05) is 0 Å². The van der Waals surface area contributed by atoms with Gasteiger partial charge in [0.25, 0.3) is 0 Å². The van der Waals surface area contributed by atoms with Gasteiger partial charge in [0.15, 0.2) is 0 Å². The maximum absolute atomic E-state index is 9.55. The van der Waals surface area contributed by atoms with Crippen LogP contribution in [0.1, 0.15) is 45.4 Å². The molecule has 0 bridgehead atoms. The molecule has 3 N–H and O–H groups in total. The molecule has 0 heterocycles. The molecular formula is C12H22O5. The smallest absolute Gasteiger partial charge is 0.328 e. The summed E-state index contributed by atoms with van der Waals surface area (Å²) in [4.78, 5) is 19.1. The van der Waals surface area contributed by atoms with E-state index < -0.39 is 11.9 Å². The summed E-state index contributed by atoms with van der Waals surface area (Å²) >= 11 is 0. The number of hydrogen-bond donors (Lipinski definition) is 3. The van der Waals surface area contributed by atoms with Gasteiger partial charge in [-0.15, -0.1) is 0 Å². The summed E-state index contributed by atoms with van der Waals surface area (Å²) in [6.45, 7) is 2.58. The predicted octanol–water partition coefficient (Wildman–Crippen LogP) is 2.05. The van der Waals surface area contributed by atoms with Crippen LogP contribution in [0.5, 0.6) is 0 Å². The highest BCUT2D eigenvalue weighted by molar-refractivity contribution is 5.89. The summed E-state index contributed by atoms with van der Waals surface area (Å²) in [5, 5.41) is 24.0. The first-order chi connectivity index (χ1) is 8.04. The summed E-state index contributed by atoms with van der Waals surface area (Å²) in [5.41, 5.74) is 0. The molecule has 0 spiro atoms. The second-order valence-corrected chi connectivity index (χ2v) is 3.50. The summed E-state index contributed by atoms with van der Waals surface area (Å²) in [6, 6.07) is 0. The lowest BCUT2D eigenvalue weighted by Gasteiger charge is -1.95. The average molecular weight is 246 g/mol. The Morgan fingerprint density at radius 3 is 1.65 bits per heavy atom. The zero-order chi connectivity index (χ0) is 13.5. The van der Waals surface area contributed by atoms with E-state index in [-0.39, 0.29) is 0 Å². The topological polar surface area (TPSA) is 94.8 Å². The number of carboxylic acids is 2. The van der Waals surface area contributed by atoms with Gasteiger partial charge in [0, 0.05) is 18.8 Å². The molecule has 0 saturated carbocycles. The van der Waals surface area contributed by atoms with Crippen LogP contribution in [0.15, 0.2) is 12.2 Å². The second-order valence-electron chi connectivity index (χ2n) is 3.50. The van der Waals surface area contributed by atoms with Gasteiger partial charge in [-0.05, 0) is 6.42 Å². The van der Waals surface area contributed by atoms with Crippen molar-refractivity contribution in [1.82, 2.24) is 0 Å². The Kier molecular flexibility index (Phi) is 15.5. The zero-order valence-electron chi connectivity index (χ0n) is 10.3. The lowest BCUT2D eigenvalue weighted by atomic mass is 10.1. The van der Waals surface area contributed by atoms with Crippen LogP contribution in [0, 0.1) is 0 Å². The van der Waals surface area contributed by atoms with Crippen molar-refractivity contribution in [2.75, 3.05) is 6.61 Å². The van der Waals surface area contributed by atoms with E-state index in [1.54, 1.807) is 0 Å². The average Bonchev–Trinajstić information content (AvgIpc) is 2.27. The number of rotatable bonds is 8. The largest absolute Gasteiger partial charge is 0.478 e. The molecule has 0 radical (unpaired) electrons. The van der Waals surface area contributed by atoms with Crippen LogP contribution >= 0.6 is 0 Å². The van der Waals surface area contributed by atoms with Gasteiger partial charge < -0.3 is 15.3 Å². The fourth-order valence-electron chi connectivity index (χ4n) is 1.03. The minimum Gasteiger partial charge on any atom is -0.478 e. The monoisotopic (exact) mass is 246 g/mol. The lowest BCUT2D eigenvalue weighted by molar-refractivity contribution is -0.134. The predicted molar refractivity (Wildman–Crippen MR) is 64.9 cm³/mol. The van der Waals surface area contributed by atoms with Gasteiger partial charge in [0.2, 0.25) is 0 Å². The van der Waals surface area contributed by atoms with Crippen molar-refractivity contribution in [1.29, 1.82) is 0 Å². The standard InChI is InChI=1S/C8H18O.C4H4O4/c1-2-3-4-5-6-7-8-9;5-3(6)1-2-4(7)8/h9H,2-8H2,1H3;1-2H,(H,5,6)(H,7,8). The van der Waals surface area contributed by atoms with Gasteiger partial charge in [-0.25, -0.2) is 9.59 Å². The van der Waals surface area contributed by atoms with Gasteiger partial charge in [0.1, 0.15) is 0 Å². The molecule has 0 aromatic carbocycles. The van der Waals surface area contributed by atoms with E-state index >= 15 is 0 Å². The maximum Gasteiger partial charge on any atom is 0.328 e. The Morgan fingerprint density at radius 1 is 0.882 bits per heavy atom.